The molecule has 0 aliphatic carbocycles. The van der Waals surface area contributed by atoms with Crippen molar-refractivity contribution in [1.29, 1.82) is 0 Å². The lowest BCUT2D eigenvalue weighted by molar-refractivity contribution is 0.410. The molecule has 0 aliphatic heterocycles. The summed E-state index contributed by atoms with van der Waals surface area (Å²) in [6, 6.07) is 0. The van der Waals surface area contributed by atoms with Crippen LogP contribution < -0.4 is 10.9 Å². The molecular weight excluding hydrogens is 326 g/mol. The van der Waals surface area contributed by atoms with Crippen molar-refractivity contribution < 1.29 is 4.52 Å². The van der Waals surface area contributed by atoms with Gasteiger partial charge in [-0.1, -0.05) is 19.0 Å². The fourth-order valence-electron chi connectivity index (χ4n) is 1.68. The van der Waals surface area contributed by atoms with Crippen molar-refractivity contribution in [2.24, 2.45) is 5.92 Å². The van der Waals surface area contributed by atoms with Crippen LogP contribution in [0.5, 0.6) is 0 Å². The van der Waals surface area contributed by atoms with E-state index >= 15 is 0 Å². The second-order valence-electron chi connectivity index (χ2n) is 4.78. The molecular formula is C12H16BrN5O2. The summed E-state index contributed by atoms with van der Waals surface area (Å²) in [5, 5.41) is 11.0. The average Bonchev–Trinajstić information content (AvgIpc) is 2.90. The van der Waals surface area contributed by atoms with Crippen molar-refractivity contribution in [3.63, 3.8) is 0 Å². The molecule has 0 aromatic carbocycles. The molecule has 0 aliphatic rings. The number of hydrogen-bond acceptors (Lipinski definition) is 6. The lowest BCUT2D eigenvalue weighted by Gasteiger charge is -2.11. The number of aromatic nitrogens is 4. The van der Waals surface area contributed by atoms with Gasteiger partial charge >= 0.3 is 0 Å². The largest absolute Gasteiger partial charge is 0.382 e. The Morgan fingerprint density at radius 2 is 2.30 bits per heavy atom. The molecule has 0 bridgehead atoms. The molecule has 108 valence electrons. The van der Waals surface area contributed by atoms with Crippen molar-refractivity contribution in [2.45, 2.75) is 26.8 Å². The highest BCUT2D eigenvalue weighted by Gasteiger charge is 2.09. The third-order valence-corrected chi connectivity index (χ3v) is 3.36. The van der Waals surface area contributed by atoms with E-state index in [2.05, 4.69) is 41.0 Å². The first-order valence-electron chi connectivity index (χ1n) is 6.32. The topological polar surface area (TPSA) is 85.8 Å². The van der Waals surface area contributed by atoms with Gasteiger partial charge in [0.1, 0.15) is 4.47 Å². The highest BCUT2D eigenvalue weighted by atomic mass is 79.9. The van der Waals surface area contributed by atoms with Gasteiger partial charge in [0, 0.05) is 19.5 Å². The number of nitrogens with one attached hydrogen (secondary N) is 1. The van der Waals surface area contributed by atoms with Gasteiger partial charge < -0.3 is 9.84 Å². The van der Waals surface area contributed by atoms with Crippen LogP contribution in [-0.2, 0) is 13.0 Å². The van der Waals surface area contributed by atoms with E-state index in [9.17, 15) is 4.79 Å². The first-order chi connectivity index (χ1) is 9.58. The molecule has 0 fully saturated rings. The summed E-state index contributed by atoms with van der Waals surface area (Å²) >= 11 is 3.31. The number of nitrogens with zero attached hydrogens (tertiary/aromatic N) is 4. The quantitative estimate of drug-likeness (QED) is 0.860. The molecule has 2 heterocycles. The maximum atomic E-state index is 12.1. The predicted molar refractivity (Wildman–Crippen MR) is 77.5 cm³/mol. The van der Waals surface area contributed by atoms with Crippen LogP contribution in [0.2, 0.25) is 0 Å². The lowest BCUT2D eigenvalue weighted by Crippen LogP contribution is -2.26. The third-order valence-electron chi connectivity index (χ3n) is 2.59. The minimum atomic E-state index is -0.136. The van der Waals surface area contributed by atoms with Crippen molar-refractivity contribution in [2.75, 3.05) is 11.9 Å². The summed E-state index contributed by atoms with van der Waals surface area (Å²) in [6.45, 7) is 5.27. The van der Waals surface area contributed by atoms with Crippen molar-refractivity contribution in [1.82, 2.24) is 19.9 Å². The summed E-state index contributed by atoms with van der Waals surface area (Å²) in [7, 11) is 0. The molecule has 2 aromatic rings. The Balaban J connectivity index is 2.02. The van der Waals surface area contributed by atoms with E-state index in [0.717, 1.165) is 0 Å². The van der Waals surface area contributed by atoms with Gasteiger partial charge in [-0.3, -0.25) is 4.79 Å². The van der Waals surface area contributed by atoms with Gasteiger partial charge in [-0.15, -0.1) is 0 Å². The molecule has 2 aromatic heterocycles. The zero-order chi connectivity index (χ0) is 14.5. The normalized spacial score (nSPS) is 11.0. The summed E-state index contributed by atoms with van der Waals surface area (Å²) < 4.78 is 6.59. The van der Waals surface area contributed by atoms with Crippen LogP contribution in [0, 0.1) is 5.92 Å². The van der Waals surface area contributed by atoms with E-state index in [1.807, 2.05) is 13.8 Å². The van der Waals surface area contributed by atoms with E-state index in [-0.39, 0.29) is 5.56 Å². The minimum Gasteiger partial charge on any atom is -0.382 e. The fourth-order valence-corrected chi connectivity index (χ4v) is 2.12. The molecule has 20 heavy (non-hydrogen) atoms. The van der Waals surface area contributed by atoms with Crippen LogP contribution >= 0.6 is 15.9 Å². The van der Waals surface area contributed by atoms with Crippen LogP contribution in [-0.4, -0.2) is 26.5 Å². The van der Waals surface area contributed by atoms with E-state index in [1.54, 1.807) is 6.20 Å². The number of anilines is 1. The summed E-state index contributed by atoms with van der Waals surface area (Å²) in [5.41, 5.74) is 0.529. The Hall–Kier alpha value is -1.70. The maximum absolute atomic E-state index is 12.1. The smallest absolute Gasteiger partial charge is 0.283 e. The van der Waals surface area contributed by atoms with Gasteiger partial charge in [0.2, 0.25) is 6.39 Å². The van der Waals surface area contributed by atoms with Crippen LogP contribution in [0.25, 0.3) is 0 Å². The highest BCUT2D eigenvalue weighted by Crippen LogP contribution is 2.16. The second-order valence-corrected chi connectivity index (χ2v) is 5.57. The van der Waals surface area contributed by atoms with Crippen molar-refractivity contribution >= 4 is 21.6 Å². The SMILES string of the molecule is CC(C)Cn1ncc(NCCc2ncon2)c(Br)c1=O. The maximum Gasteiger partial charge on any atom is 0.283 e. The zero-order valence-corrected chi connectivity index (χ0v) is 12.9. The van der Waals surface area contributed by atoms with Crippen LogP contribution in [0.1, 0.15) is 19.7 Å². The summed E-state index contributed by atoms with van der Waals surface area (Å²) in [4.78, 5) is 16.0. The molecule has 8 heteroatoms. The van der Waals surface area contributed by atoms with E-state index in [0.29, 0.717) is 41.4 Å². The zero-order valence-electron chi connectivity index (χ0n) is 11.3. The lowest BCUT2D eigenvalue weighted by atomic mass is 10.2. The Morgan fingerprint density at radius 1 is 1.50 bits per heavy atom. The van der Waals surface area contributed by atoms with E-state index in [4.69, 9.17) is 0 Å². The number of hydrogen-bond donors (Lipinski definition) is 1. The van der Waals surface area contributed by atoms with Crippen LogP contribution in [0.3, 0.4) is 0 Å². The van der Waals surface area contributed by atoms with E-state index in [1.165, 1.54) is 11.1 Å². The van der Waals surface area contributed by atoms with Crippen LogP contribution in [0.4, 0.5) is 5.69 Å². The molecule has 0 saturated carbocycles. The summed E-state index contributed by atoms with van der Waals surface area (Å²) in [5.74, 6) is 0.985. The number of halogens is 1. The second kappa shape index (κ2) is 6.65. The van der Waals surface area contributed by atoms with Gasteiger partial charge in [0.15, 0.2) is 5.82 Å². The molecule has 2 rings (SSSR count). The van der Waals surface area contributed by atoms with Crippen molar-refractivity contribution in [3.05, 3.63) is 33.2 Å². The Morgan fingerprint density at radius 3 is 2.95 bits per heavy atom. The monoisotopic (exact) mass is 341 g/mol. The first-order valence-corrected chi connectivity index (χ1v) is 7.12. The van der Waals surface area contributed by atoms with Crippen molar-refractivity contribution in [3.8, 4) is 0 Å². The first kappa shape index (κ1) is 14.7. The number of rotatable bonds is 6. The molecule has 7 nitrogen and oxygen atoms in total. The molecule has 0 amide bonds. The molecule has 0 radical (unpaired) electrons. The van der Waals surface area contributed by atoms with Crippen LogP contribution in [0.15, 0.2) is 26.4 Å². The van der Waals surface area contributed by atoms with Gasteiger partial charge in [-0.05, 0) is 21.8 Å². The Kier molecular flexibility index (Phi) is 4.89. The highest BCUT2D eigenvalue weighted by molar-refractivity contribution is 9.10. The molecule has 0 spiro atoms. The van der Waals surface area contributed by atoms with Gasteiger partial charge in [0.25, 0.3) is 5.56 Å². The standard InChI is InChI=1S/C12H16BrN5O2/c1-8(2)6-18-12(19)11(13)9(5-16-18)14-4-3-10-15-7-20-17-10/h5,7-8,14H,3-4,6H2,1-2H3. The molecule has 0 unspecified atom stereocenters. The third kappa shape index (κ3) is 3.66. The summed E-state index contributed by atoms with van der Waals surface area (Å²) in [6.07, 6.45) is 3.54. The predicted octanol–water partition coefficient (Wildman–Crippen LogP) is 1.70. The Bertz CT molecular complexity index is 609. The van der Waals surface area contributed by atoms with Gasteiger partial charge in [-0.2, -0.15) is 10.1 Å². The molecule has 1 N–H and O–H groups in total. The molecule has 0 atom stereocenters. The molecule has 0 saturated heterocycles. The van der Waals surface area contributed by atoms with Gasteiger partial charge in [0.05, 0.1) is 11.9 Å². The Labute approximate surface area is 124 Å². The van der Waals surface area contributed by atoms with E-state index < -0.39 is 0 Å². The average molecular weight is 342 g/mol. The fraction of sp³-hybridized carbons (Fsp3) is 0.500. The van der Waals surface area contributed by atoms with Gasteiger partial charge in [-0.25, -0.2) is 4.68 Å². The minimum absolute atomic E-state index is 0.136.